The highest BCUT2D eigenvalue weighted by Gasteiger charge is 2.37. The van der Waals surface area contributed by atoms with E-state index in [1.807, 2.05) is 19.9 Å². The summed E-state index contributed by atoms with van der Waals surface area (Å²) in [6, 6.07) is 7.03. The Hall–Kier alpha value is -1.92. The Morgan fingerprint density at radius 2 is 1.87 bits per heavy atom. The monoisotopic (exact) mass is 320 g/mol. The Morgan fingerprint density at radius 1 is 1.22 bits per heavy atom. The van der Waals surface area contributed by atoms with Crippen LogP contribution in [0.1, 0.15) is 29.8 Å². The van der Waals surface area contributed by atoms with Crippen molar-refractivity contribution < 1.29 is 19.4 Å². The zero-order chi connectivity index (χ0) is 17.0. The molecule has 1 fully saturated rings. The minimum absolute atomic E-state index is 0.222. The number of carbonyl (C=O) groups excluding carboxylic acids is 1. The lowest BCUT2D eigenvalue weighted by molar-refractivity contribution is -0.154. The molecule has 0 atom stereocenters. The lowest BCUT2D eigenvalue weighted by Gasteiger charge is -2.42. The van der Waals surface area contributed by atoms with Gasteiger partial charge in [0.05, 0.1) is 12.7 Å². The molecule has 1 aliphatic heterocycles. The number of carboxylic acid groups (broad SMARTS) is 1. The number of hydrogen-bond acceptors (Lipinski definition) is 5. The zero-order valence-electron chi connectivity index (χ0n) is 13.9. The van der Waals surface area contributed by atoms with E-state index in [1.54, 1.807) is 18.2 Å². The summed E-state index contributed by atoms with van der Waals surface area (Å²) in [5.41, 5.74) is 0.683. The molecule has 0 saturated carbocycles. The van der Waals surface area contributed by atoms with Gasteiger partial charge >= 0.3 is 11.9 Å². The average Bonchev–Trinajstić information content (AvgIpc) is 2.54. The minimum atomic E-state index is -0.906. The third kappa shape index (κ3) is 4.09. The van der Waals surface area contributed by atoms with Gasteiger partial charge in [-0.2, -0.15) is 0 Å². The van der Waals surface area contributed by atoms with Crippen LogP contribution in [-0.4, -0.2) is 65.7 Å². The highest BCUT2D eigenvalue weighted by atomic mass is 16.5. The number of hydrogen-bond donors (Lipinski definition) is 1. The zero-order valence-corrected chi connectivity index (χ0v) is 13.9. The Labute approximate surface area is 136 Å². The van der Waals surface area contributed by atoms with E-state index in [2.05, 4.69) is 9.80 Å². The van der Waals surface area contributed by atoms with Gasteiger partial charge in [-0.05, 0) is 31.5 Å². The van der Waals surface area contributed by atoms with E-state index in [0.29, 0.717) is 12.1 Å². The lowest BCUT2D eigenvalue weighted by Crippen LogP contribution is -2.58. The van der Waals surface area contributed by atoms with Gasteiger partial charge in [0.15, 0.2) is 0 Å². The summed E-state index contributed by atoms with van der Waals surface area (Å²) in [7, 11) is 1.41. The number of carbonyl (C=O) groups is 2. The van der Waals surface area contributed by atoms with Crippen molar-refractivity contribution in [1.29, 1.82) is 0 Å². The van der Waals surface area contributed by atoms with Crippen LogP contribution in [-0.2, 0) is 16.1 Å². The van der Waals surface area contributed by atoms with Crippen LogP contribution in [0.4, 0.5) is 0 Å². The number of carboxylic acids is 1. The molecular formula is C17H24N2O4. The molecule has 0 aliphatic carbocycles. The standard InChI is InChI=1S/C17H24N2O4/c1-17(2,16(22)23-3)19-9-7-18(8-10-19)12-13-5-4-6-14(11-13)15(20)21/h4-6,11H,7-10,12H2,1-3H3,(H,20,21). The maximum atomic E-state index is 11.9. The second-order valence-electron chi connectivity index (χ2n) is 6.32. The Bertz CT molecular complexity index is 578. The molecule has 1 saturated heterocycles. The largest absolute Gasteiger partial charge is 0.478 e. The molecule has 1 aromatic carbocycles. The topological polar surface area (TPSA) is 70.1 Å². The summed E-state index contributed by atoms with van der Waals surface area (Å²) >= 11 is 0. The van der Waals surface area contributed by atoms with Crippen molar-refractivity contribution in [2.45, 2.75) is 25.9 Å². The number of methoxy groups -OCH3 is 1. The normalized spacial score (nSPS) is 17.0. The van der Waals surface area contributed by atoms with Crippen molar-refractivity contribution in [3.05, 3.63) is 35.4 Å². The third-order valence-corrected chi connectivity index (χ3v) is 4.43. The fourth-order valence-corrected chi connectivity index (χ4v) is 2.90. The van der Waals surface area contributed by atoms with Crippen LogP contribution in [0, 0.1) is 0 Å². The van der Waals surface area contributed by atoms with Crippen LogP contribution < -0.4 is 0 Å². The maximum absolute atomic E-state index is 11.9. The fourth-order valence-electron chi connectivity index (χ4n) is 2.90. The van der Waals surface area contributed by atoms with Crippen molar-refractivity contribution in [3.63, 3.8) is 0 Å². The van der Waals surface area contributed by atoms with E-state index in [0.717, 1.165) is 31.7 Å². The first-order chi connectivity index (χ1) is 10.8. The predicted octanol–water partition coefficient (Wildman–Crippen LogP) is 1.45. The molecule has 1 aliphatic rings. The molecule has 0 amide bonds. The van der Waals surface area contributed by atoms with Crippen molar-refractivity contribution >= 4 is 11.9 Å². The number of benzene rings is 1. The highest BCUT2D eigenvalue weighted by molar-refractivity contribution is 5.87. The lowest BCUT2D eigenvalue weighted by atomic mass is 10.0. The Balaban J connectivity index is 1.94. The van der Waals surface area contributed by atoms with Crippen molar-refractivity contribution in [2.24, 2.45) is 0 Å². The van der Waals surface area contributed by atoms with Crippen molar-refractivity contribution in [1.82, 2.24) is 9.80 Å². The Morgan fingerprint density at radius 3 is 2.43 bits per heavy atom. The minimum Gasteiger partial charge on any atom is -0.478 e. The van der Waals surface area contributed by atoms with Crippen molar-refractivity contribution in [3.8, 4) is 0 Å². The van der Waals surface area contributed by atoms with Crippen LogP contribution in [0.25, 0.3) is 0 Å². The van der Waals surface area contributed by atoms with Gasteiger partial charge in [0.2, 0.25) is 0 Å². The van der Waals surface area contributed by atoms with Crippen LogP contribution in [0.15, 0.2) is 24.3 Å². The second-order valence-corrected chi connectivity index (χ2v) is 6.32. The van der Waals surface area contributed by atoms with E-state index in [1.165, 1.54) is 7.11 Å². The summed E-state index contributed by atoms with van der Waals surface area (Å²) in [5, 5.41) is 9.05. The van der Waals surface area contributed by atoms with E-state index in [4.69, 9.17) is 9.84 Å². The number of nitrogens with zero attached hydrogens (tertiary/aromatic N) is 2. The second kappa shape index (κ2) is 7.10. The number of aromatic carboxylic acids is 1. The van der Waals surface area contributed by atoms with E-state index >= 15 is 0 Å². The number of esters is 1. The smallest absolute Gasteiger partial charge is 0.335 e. The van der Waals surface area contributed by atoms with Gasteiger partial charge in [-0.3, -0.25) is 14.6 Å². The first-order valence-corrected chi connectivity index (χ1v) is 7.72. The molecule has 23 heavy (non-hydrogen) atoms. The maximum Gasteiger partial charge on any atom is 0.335 e. The first-order valence-electron chi connectivity index (χ1n) is 7.72. The van der Waals surface area contributed by atoms with E-state index in [-0.39, 0.29) is 5.97 Å². The van der Waals surface area contributed by atoms with E-state index < -0.39 is 11.5 Å². The van der Waals surface area contributed by atoms with Crippen LogP contribution >= 0.6 is 0 Å². The van der Waals surface area contributed by atoms with Crippen LogP contribution in [0.2, 0.25) is 0 Å². The molecule has 1 aromatic rings. The molecule has 1 heterocycles. The highest BCUT2D eigenvalue weighted by Crippen LogP contribution is 2.19. The molecule has 0 spiro atoms. The van der Waals surface area contributed by atoms with E-state index in [9.17, 15) is 9.59 Å². The summed E-state index contributed by atoms with van der Waals surface area (Å²) in [6.07, 6.45) is 0. The van der Waals surface area contributed by atoms with Gasteiger partial charge in [-0.15, -0.1) is 0 Å². The molecule has 0 bridgehead atoms. The summed E-state index contributed by atoms with van der Waals surface area (Å²) in [4.78, 5) is 27.3. The van der Waals surface area contributed by atoms with Gasteiger partial charge in [-0.1, -0.05) is 12.1 Å². The molecule has 1 N–H and O–H groups in total. The molecule has 0 radical (unpaired) electrons. The Kier molecular flexibility index (Phi) is 5.38. The molecular weight excluding hydrogens is 296 g/mol. The van der Waals surface area contributed by atoms with Gasteiger partial charge in [-0.25, -0.2) is 4.79 Å². The fraction of sp³-hybridized carbons (Fsp3) is 0.529. The molecule has 126 valence electrons. The molecule has 6 heteroatoms. The van der Waals surface area contributed by atoms with Gasteiger partial charge in [0.25, 0.3) is 0 Å². The van der Waals surface area contributed by atoms with Gasteiger partial charge < -0.3 is 9.84 Å². The van der Waals surface area contributed by atoms with Gasteiger partial charge in [0.1, 0.15) is 5.54 Å². The molecule has 6 nitrogen and oxygen atoms in total. The summed E-state index contributed by atoms with van der Waals surface area (Å²) in [6.45, 7) is 7.69. The van der Waals surface area contributed by atoms with Crippen molar-refractivity contribution in [2.75, 3.05) is 33.3 Å². The van der Waals surface area contributed by atoms with Crippen LogP contribution in [0.3, 0.4) is 0 Å². The summed E-state index contributed by atoms with van der Waals surface area (Å²) < 4.78 is 4.88. The number of rotatable bonds is 5. The number of ether oxygens (including phenoxy) is 1. The molecule has 0 unspecified atom stereocenters. The molecule has 2 rings (SSSR count). The quantitative estimate of drug-likeness (QED) is 0.828. The third-order valence-electron chi connectivity index (χ3n) is 4.43. The predicted molar refractivity (Wildman–Crippen MR) is 86.3 cm³/mol. The SMILES string of the molecule is COC(=O)C(C)(C)N1CCN(Cc2cccc(C(=O)O)c2)CC1. The molecule has 0 aromatic heterocycles. The average molecular weight is 320 g/mol. The summed E-state index contributed by atoms with van der Waals surface area (Å²) in [5.74, 6) is -1.13. The van der Waals surface area contributed by atoms with Crippen LogP contribution in [0.5, 0.6) is 0 Å². The number of piperazine rings is 1. The first kappa shape index (κ1) is 17.4. The van der Waals surface area contributed by atoms with Gasteiger partial charge in [0, 0.05) is 32.7 Å².